The predicted octanol–water partition coefficient (Wildman–Crippen LogP) is 3.35. The molecule has 0 bridgehead atoms. The van der Waals surface area contributed by atoms with Crippen LogP contribution in [0.15, 0.2) is 46.2 Å². The number of nitro benzene ring substituents is 1. The number of benzene rings is 2. The number of amides is 2. The normalized spacial score (nSPS) is 15.5. The molecule has 0 radical (unpaired) electrons. The van der Waals surface area contributed by atoms with Gasteiger partial charge in [0.15, 0.2) is 11.5 Å². The minimum atomic E-state index is -4.39. The van der Waals surface area contributed by atoms with Crippen LogP contribution in [0.5, 0.6) is 11.5 Å². The molecule has 12 heteroatoms. The molecule has 31 heavy (non-hydrogen) atoms. The highest BCUT2D eigenvalue weighted by molar-refractivity contribution is 8.18. The largest absolute Gasteiger partial charge is 0.493 e. The van der Waals surface area contributed by atoms with E-state index < -0.39 is 26.2 Å². The van der Waals surface area contributed by atoms with Crippen molar-refractivity contribution in [1.82, 2.24) is 4.90 Å². The Kier molecular flexibility index (Phi) is 6.04. The number of likely N-dealkylation sites (N-methyl/N-ethyl adjacent to an activating group) is 1. The molecule has 0 saturated carbocycles. The first-order chi connectivity index (χ1) is 14.5. The molecule has 0 N–H and O–H groups in total. The van der Waals surface area contributed by atoms with Crippen LogP contribution in [-0.4, -0.2) is 43.5 Å². The molecule has 1 aliphatic rings. The van der Waals surface area contributed by atoms with E-state index in [1.54, 1.807) is 0 Å². The van der Waals surface area contributed by atoms with Gasteiger partial charge < -0.3 is 8.92 Å². The van der Waals surface area contributed by atoms with Crippen LogP contribution in [-0.2, 0) is 14.9 Å². The fourth-order valence-electron chi connectivity index (χ4n) is 2.65. The molecular weight excluding hydrogens is 448 g/mol. The molecule has 1 heterocycles. The number of thioether (sulfide) groups is 1. The van der Waals surface area contributed by atoms with Crippen molar-refractivity contribution in [3.63, 3.8) is 0 Å². The standard InChI is InChI=1S/C19H16N2O8S2/c1-11-4-6-13(10-14(11)21(24)25)31(26,27)29-15-7-5-12(8-16(15)28-3)9-17-18(22)20(2)19(23)30-17/h4-10H,1-3H3/b17-9-. The number of carbonyl (C=O) groups is 2. The van der Waals surface area contributed by atoms with Crippen LogP contribution in [0, 0.1) is 17.0 Å². The van der Waals surface area contributed by atoms with Gasteiger partial charge in [0.05, 0.1) is 16.9 Å². The Morgan fingerprint density at radius 3 is 2.42 bits per heavy atom. The van der Waals surface area contributed by atoms with Gasteiger partial charge in [-0.05, 0) is 48.5 Å². The van der Waals surface area contributed by atoms with Crippen molar-refractivity contribution in [2.45, 2.75) is 11.8 Å². The topological polar surface area (TPSA) is 133 Å². The summed E-state index contributed by atoms with van der Waals surface area (Å²) < 4.78 is 35.6. The molecule has 3 rings (SSSR count). The molecule has 10 nitrogen and oxygen atoms in total. The summed E-state index contributed by atoms with van der Waals surface area (Å²) >= 11 is 0.782. The van der Waals surface area contributed by atoms with Crippen molar-refractivity contribution in [2.75, 3.05) is 14.2 Å². The molecule has 0 atom stereocenters. The van der Waals surface area contributed by atoms with Crippen LogP contribution in [0.4, 0.5) is 10.5 Å². The molecule has 162 valence electrons. The molecule has 0 spiro atoms. The van der Waals surface area contributed by atoms with E-state index in [4.69, 9.17) is 8.92 Å². The van der Waals surface area contributed by atoms with Crippen LogP contribution in [0.25, 0.3) is 6.08 Å². The Morgan fingerprint density at radius 1 is 1.13 bits per heavy atom. The third-order valence-corrected chi connectivity index (χ3v) is 6.53. The molecule has 0 aliphatic carbocycles. The van der Waals surface area contributed by atoms with Crippen molar-refractivity contribution in [1.29, 1.82) is 0 Å². The number of nitrogens with zero attached hydrogens (tertiary/aromatic N) is 2. The predicted molar refractivity (Wildman–Crippen MR) is 112 cm³/mol. The lowest BCUT2D eigenvalue weighted by atomic mass is 10.2. The van der Waals surface area contributed by atoms with Crippen molar-refractivity contribution in [3.05, 3.63) is 62.5 Å². The Labute approximate surface area is 181 Å². The lowest BCUT2D eigenvalue weighted by molar-refractivity contribution is -0.385. The highest BCUT2D eigenvalue weighted by Gasteiger charge is 2.32. The van der Waals surface area contributed by atoms with Crippen molar-refractivity contribution in [2.24, 2.45) is 0 Å². The second kappa shape index (κ2) is 8.40. The molecule has 2 aromatic carbocycles. The average molecular weight is 464 g/mol. The summed E-state index contributed by atoms with van der Waals surface area (Å²) in [7, 11) is -1.71. The highest BCUT2D eigenvalue weighted by atomic mass is 32.2. The summed E-state index contributed by atoms with van der Waals surface area (Å²) in [6.45, 7) is 1.49. The van der Waals surface area contributed by atoms with E-state index in [0.29, 0.717) is 11.1 Å². The maximum Gasteiger partial charge on any atom is 0.339 e. The second-order valence-corrected chi connectivity index (χ2v) is 8.93. The molecule has 1 fully saturated rings. The highest BCUT2D eigenvalue weighted by Crippen LogP contribution is 2.35. The fraction of sp³-hybridized carbons (Fsp3) is 0.158. The van der Waals surface area contributed by atoms with Gasteiger partial charge in [0.1, 0.15) is 4.90 Å². The van der Waals surface area contributed by atoms with Crippen molar-refractivity contribution < 1.29 is 31.9 Å². The van der Waals surface area contributed by atoms with E-state index in [1.165, 1.54) is 57.5 Å². The molecule has 2 aromatic rings. The number of hydrogen-bond donors (Lipinski definition) is 0. The van der Waals surface area contributed by atoms with E-state index >= 15 is 0 Å². The van der Waals surface area contributed by atoms with Gasteiger partial charge in [-0.1, -0.05) is 12.1 Å². The monoisotopic (exact) mass is 464 g/mol. The zero-order chi connectivity index (χ0) is 22.9. The molecule has 2 amide bonds. The van der Waals surface area contributed by atoms with Gasteiger partial charge in [-0.2, -0.15) is 8.42 Å². The zero-order valence-electron chi connectivity index (χ0n) is 16.5. The quantitative estimate of drug-likeness (QED) is 0.273. The van der Waals surface area contributed by atoms with E-state index in [2.05, 4.69) is 0 Å². The number of ether oxygens (including phenoxy) is 1. The summed E-state index contributed by atoms with van der Waals surface area (Å²) in [6, 6.07) is 7.68. The number of hydrogen-bond acceptors (Lipinski definition) is 9. The SMILES string of the molecule is COc1cc(/C=C2\SC(=O)N(C)C2=O)ccc1OS(=O)(=O)c1ccc(C)c([N+](=O)[O-])c1. The van der Waals surface area contributed by atoms with Crippen LogP contribution < -0.4 is 8.92 Å². The van der Waals surface area contributed by atoms with E-state index in [-0.39, 0.29) is 27.0 Å². The minimum absolute atomic E-state index is 0.0506. The van der Waals surface area contributed by atoms with Gasteiger partial charge >= 0.3 is 10.1 Å². The summed E-state index contributed by atoms with van der Waals surface area (Å²) in [6.07, 6.45) is 1.47. The lowest BCUT2D eigenvalue weighted by Gasteiger charge is -2.12. The lowest BCUT2D eigenvalue weighted by Crippen LogP contribution is -2.22. The maximum atomic E-state index is 12.6. The summed E-state index contributed by atoms with van der Waals surface area (Å²) in [5.74, 6) is -0.543. The van der Waals surface area contributed by atoms with Crippen LogP contribution in [0.1, 0.15) is 11.1 Å². The summed E-state index contributed by atoms with van der Waals surface area (Å²) in [4.78, 5) is 34.9. The van der Waals surface area contributed by atoms with Crippen LogP contribution >= 0.6 is 11.8 Å². The van der Waals surface area contributed by atoms with E-state index in [9.17, 15) is 28.1 Å². The first-order valence-corrected chi connectivity index (χ1v) is 10.8. The third-order valence-electron chi connectivity index (χ3n) is 4.34. The smallest absolute Gasteiger partial charge is 0.339 e. The molecule has 0 unspecified atom stereocenters. The third kappa shape index (κ3) is 4.54. The first kappa shape index (κ1) is 22.3. The zero-order valence-corrected chi connectivity index (χ0v) is 18.2. The van der Waals surface area contributed by atoms with Crippen molar-refractivity contribution >= 4 is 44.8 Å². The Hall–Kier alpha value is -3.38. The van der Waals surface area contributed by atoms with Crippen molar-refractivity contribution in [3.8, 4) is 11.5 Å². The molecule has 1 aliphatic heterocycles. The molecular formula is C19H16N2O8S2. The van der Waals surface area contributed by atoms with Gasteiger partial charge in [0.2, 0.25) is 0 Å². The Bertz CT molecular complexity index is 1240. The fourth-order valence-corrected chi connectivity index (χ4v) is 4.44. The van der Waals surface area contributed by atoms with Gasteiger partial charge in [-0.15, -0.1) is 0 Å². The summed E-state index contributed by atoms with van der Waals surface area (Å²) in [5.41, 5.74) is 0.436. The average Bonchev–Trinajstić information content (AvgIpc) is 2.95. The Morgan fingerprint density at radius 2 is 1.84 bits per heavy atom. The van der Waals surface area contributed by atoms with Gasteiger partial charge in [0.25, 0.3) is 16.8 Å². The first-order valence-electron chi connectivity index (χ1n) is 8.62. The Balaban J connectivity index is 1.92. The second-order valence-electron chi connectivity index (χ2n) is 6.39. The number of methoxy groups -OCH3 is 1. The van der Waals surface area contributed by atoms with Crippen LogP contribution in [0.2, 0.25) is 0 Å². The van der Waals surface area contributed by atoms with E-state index in [1.807, 2.05) is 0 Å². The number of aryl methyl sites for hydroxylation is 1. The van der Waals surface area contributed by atoms with Crippen LogP contribution in [0.3, 0.4) is 0 Å². The molecule has 0 aromatic heterocycles. The number of carbonyl (C=O) groups excluding carboxylic acids is 2. The minimum Gasteiger partial charge on any atom is -0.493 e. The number of imide groups is 1. The van der Waals surface area contributed by atoms with Gasteiger partial charge in [-0.25, -0.2) is 0 Å². The number of rotatable bonds is 6. The maximum absolute atomic E-state index is 12.6. The number of nitro groups is 1. The molecule has 1 saturated heterocycles. The summed E-state index contributed by atoms with van der Waals surface area (Å²) in [5, 5.41) is 10.7. The van der Waals surface area contributed by atoms with Gasteiger partial charge in [0, 0.05) is 18.7 Å². The van der Waals surface area contributed by atoms with Gasteiger partial charge in [-0.3, -0.25) is 24.6 Å². The van der Waals surface area contributed by atoms with E-state index in [0.717, 1.165) is 22.7 Å².